The van der Waals surface area contributed by atoms with Crippen molar-refractivity contribution in [2.24, 2.45) is 5.73 Å². The summed E-state index contributed by atoms with van der Waals surface area (Å²) in [6, 6.07) is 23.8. The average molecular weight is 422 g/mol. The summed E-state index contributed by atoms with van der Waals surface area (Å²) in [4.78, 5) is 12.5. The number of H-pyrrole nitrogens is 2. The van der Waals surface area contributed by atoms with E-state index < -0.39 is 5.41 Å². The third-order valence-electron chi connectivity index (χ3n) is 6.00. The SMILES string of the molecule is CC(Cc1cccc(-c2n[nH]c3ccc(-c4cnn[nH]4)cc23)c1)(C(N)=O)c1ccccc1. The third kappa shape index (κ3) is 3.43. The Morgan fingerprint density at radius 3 is 2.56 bits per heavy atom. The van der Waals surface area contributed by atoms with Gasteiger partial charge in [-0.1, -0.05) is 59.8 Å². The zero-order valence-electron chi connectivity index (χ0n) is 17.5. The van der Waals surface area contributed by atoms with Crippen molar-refractivity contribution in [3.63, 3.8) is 0 Å². The van der Waals surface area contributed by atoms with Crippen LogP contribution in [0.15, 0.2) is 79.0 Å². The summed E-state index contributed by atoms with van der Waals surface area (Å²) in [6.45, 7) is 1.89. The van der Waals surface area contributed by atoms with Crippen LogP contribution >= 0.6 is 0 Å². The van der Waals surface area contributed by atoms with E-state index in [4.69, 9.17) is 5.73 Å². The Balaban J connectivity index is 1.54. The molecule has 0 spiro atoms. The van der Waals surface area contributed by atoms with Gasteiger partial charge in [0.15, 0.2) is 0 Å². The highest BCUT2D eigenvalue weighted by Gasteiger charge is 2.33. The molecule has 0 aliphatic rings. The number of benzene rings is 3. The number of nitrogens with zero attached hydrogens (tertiary/aromatic N) is 3. The van der Waals surface area contributed by atoms with E-state index in [1.165, 1.54) is 0 Å². The number of hydrogen-bond acceptors (Lipinski definition) is 4. The van der Waals surface area contributed by atoms with Crippen LogP contribution < -0.4 is 5.73 Å². The van der Waals surface area contributed by atoms with E-state index in [1.807, 2.05) is 67.6 Å². The molecule has 7 nitrogen and oxygen atoms in total. The molecule has 0 fully saturated rings. The molecule has 158 valence electrons. The second-order valence-corrected chi connectivity index (χ2v) is 8.14. The van der Waals surface area contributed by atoms with Crippen molar-refractivity contribution >= 4 is 16.8 Å². The van der Waals surface area contributed by atoms with Crippen LogP contribution in [-0.4, -0.2) is 31.5 Å². The van der Waals surface area contributed by atoms with Crippen LogP contribution in [0.2, 0.25) is 0 Å². The highest BCUT2D eigenvalue weighted by atomic mass is 16.1. The lowest BCUT2D eigenvalue weighted by atomic mass is 9.76. The summed E-state index contributed by atoms with van der Waals surface area (Å²) in [5, 5.41) is 19.2. The summed E-state index contributed by atoms with van der Waals surface area (Å²) in [6.07, 6.45) is 2.18. The Bertz CT molecular complexity index is 1390. The van der Waals surface area contributed by atoms with Gasteiger partial charge in [-0.15, -0.1) is 5.10 Å². The molecule has 1 unspecified atom stereocenters. The summed E-state index contributed by atoms with van der Waals surface area (Å²) in [5.41, 5.74) is 11.5. The maximum Gasteiger partial charge on any atom is 0.228 e. The van der Waals surface area contributed by atoms with E-state index in [0.29, 0.717) is 6.42 Å². The summed E-state index contributed by atoms with van der Waals surface area (Å²) in [7, 11) is 0. The van der Waals surface area contributed by atoms with Gasteiger partial charge in [-0.2, -0.15) is 5.10 Å². The first-order valence-corrected chi connectivity index (χ1v) is 10.3. The number of carbonyl (C=O) groups is 1. The Morgan fingerprint density at radius 2 is 1.81 bits per heavy atom. The predicted octanol–water partition coefficient (Wildman–Crippen LogP) is 4.00. The minimum atomic E-state index is -0.811. The van der Waals surface area contributed by atoms with E-state index in [-0.39, 0.29) is 5.91 Å². The highest BCUT2D eigenvalue weighted by molar-refractivity contribution is 5.95. The Kier molecular flexibility index (Phi) is 4.78. The molecule has 4 N–H and O–H groups in total. The van der Waals surface area contributed by atoms with Gasteiger partial charge < -0.3 is 5.73 Å². The lowest BCUT2D eigenvalue weighted by molar-refractivity contribution is -0.123. The van der Waals surface area contributed by atoms with Gasteiger partial charge in [-0.3, -0.25) is 15.0 Å². The van der Waals surface area contributed by atoms with Gasteiger partial charge in [0.2, 0.25) is 5.91 Å². The molecule has 0 aliphatic carbocycles. The molecule has 0 bridgehead atoms. The van der Waals surface area contributed by atoms with Gasteiger partial charge in [-0.25, -0.2) is 0 Å². The molecule has 0 saturated carbocycles. The first-order valence-electron chi connectivity index (χ1n) is 10.3. The smallest absolute Gasteiger partial charge is 0.228 e. The first kappa shape index (κ1) is 19.7. The number of hydrogen-bond donors (Lipinski definition) is 3. The Labute approximate surface area is 184 Å². The van der Waals surface area contributed by atoms with Crippen molar-refractivity contribution in [2.75, 3.05) is 0 Å². The van der Waals surface area contributed by atoms with Gasteiger partial charge in [-0.05, 0) is 42.7 Å². The monoisotopic (exact) mass is 422 g/mol. The fourth-order valence-electron chi connectivity index (χ4n) is 4.11. The summed E-state index contributed by atoms with van der Waals surface area (Å²) in [5.74, 6) is -0.350. The van der Waals surface area contributed by atoms with E-state index in [9.17, 15) is 4.79 Å². The minimum Gasteiger partial charge on any atom is -0.369 e. The summed E-state index contributed by atoms with van der Waals surface area (Å²) >= 11 is 0. The first-order chi connectivity index (χ1) is 15.5. The zero-order chi connectivity index (χ0) is 22.1. The second kappa shape index (κ2) is 7.77. The van der Waals surface area contributed by atoms with Crippen molar-refractivity contribution in [2.45, 2.75) is 18.8 Å². The van der Waals surface area contributed by atoms with Crippen LogP contribution in [0.3, 0.4) is 0 Å². The fourth-order valence-corrected chi connectivity index (χ4v) is 4.11. The van der Waals surface area contributed by atoms with Crippen molar-refractivity contribution < 1.29 is 4.79 Å². The van der Waals surface area contributed by atoms with Crippen LogP contribution in [0, 0.1) is 0 Å². The zero-order valence-corrected chi connectivity index (χ0v) is 17.5. The fraction of sp³-hybridized carbons (Fsp3) is 0.120. The molecule has 3 aromatic carbocycles. The molecule has 32 heavy (non-hydrogen) atoms. The van der Waals surface area contributed by atoms with Crippen LogP contribution in [0.4, 0.5) is 0 Å². The molecule has 2 aromatic heterocycles. The number of carbonyl (C=O) groups excluding carboxylic acids is 1. The molecule has 1 atom stereocenters. The van der Waals surface area contributed by atoms with Gasteiger partial charge in [0.25, 0.3) is 0 Å². The van der Waals surface area contributed by atoms with Gasteiger partial charge >= 0.3 is 0 Å². The summed E-state index contributed by atoms with van der Waals surface area (Å²) < 4.78 is 0. The molecule has 5 aromatic rings. The van der Waals surface area contributed by atoms with Crippen LogP contribution in [-0.2, 0) is 16.6 Å². The van der Waals surface area contributed by atoms with E-state index in [1.54, 1.807) is 6.20 Å². The second-order valence-electron chi connectivity index (χ2n) is 8.14. The van der Waals surface area contributed by atoms with E-state index in [2.05, 4.69) is 37.7 Å². The van der Waals surface area contributed by atoms with Crippen molar-refractivity contribution in [3.05, 3.63) is 90.1 Å². The molecule has 0 aliphatic heterocycles. The lowest BCUT2D eigenvalue weighted by Gasteiger charge is -2.27. The Morgan fingerprint density at radius 1 is 0.969 bits per heavy atom. The maximum absolute atomic E-state index is 12.5. The molecular formula is C25H22N6O. The highest BCUT2D eigenvalue weighted by Crippen LogP contribution is 2.32. The quantitative estimate of drug-likeness (QED) is 0.384. The number of amides is 1. The van der Waals surface area contributed by atoms with E-state index >= 15 is 0 Å². The molecule has 7 heteroatoms. The van der Waals surface area contributed by atoms with Crippen molar-refractivity contribution in [1.82, 2.24) is 25.6 Å². The predicted molar refractivity (Wildman–Crippen MR) is 124 cm³/mol. The largest absolute Gasteiger partial charge is 0.369 e. The van der Waals surface area contributed by atoms with Crippen LogP contribution in [0.5, 0.6) is 0 Å². The van der Waals surface area contributed by atoms with E-state index in [0.717, 1.165) is 44.5 Å². The number of nitrogens with two attached hydrogens (primary N) is 1. The lowest BCUT2D eigenvalue weighted by Crippen LogP contribution is -2.40. The molecule has 5 rings (SSSR count). The molecular weight excluding hydrogens is 400 g/mol. The number of fused-ring (bicyclic) bond motifs is 1. The van der Waals surface area contributed by atoms with Crippen LogP contribution in [0.25, 0.3) is 33.4 Å². The number of nitrogens with one attached hydrogen (secondary N) is 2. The standard InChI is InChI=1S/C25H22N6O/c1-25(24(26)32,19-8-3-2-4-9-19)14-16-6-5-7-18(12-16)23-20-13-17(22-15-27-31-29-22)10-11-21(20)28-30-23/h2-13,15H,14H2,1H3,(H2,26,32)(H,28,30)(H,27,29,31). The minimum absolute atomic E-state index is 0.350. The Hall–Kier alpha value is -4.26. The van der Waals surface area contributed by atoms with Crippen molar-refractivity contribution in [3.8, 4) is 22.5 Å². The molecule has 0 saturated heterocycles. The normalized spacial score (nSPS) is 13.2. The average Bonchev–Trinajstić information content (AvgIpc) is 3.49. The molecule has 2 heterocycles. The topological polar surface area (TPSA) is 113 Å². The van der Waals surface area contributed by atoms with Crippen LogP contribution in [0.1, 0.15) is 18.1 Å². The third-order valence-corrected chi connectivity index (χ3v) is 6.00. The number of rotatable bonds is 6. The number of aromatic amines is 2. The number of aromatic nitrogens is 5. The number of primary amides is 1. The maximum atomic E-state index is 12.5. The van der Waals surface area contributed by atoms with Gasteiger partial charge in [0.05, 0.1) is 28.5 Å². The molecule has 1 amide bonds. The van der Waals surface area contributed by atoms with Gasteiger partial charge in [0.1, 0.15) is 0 Å². The molecule has 0 radical (unpaired) electrons. The van der Waals surface area contributed by atoms with Crippen molar-refractivity contribution in [1.29, 1.82) is 0 Å². The van der Waals surface area contributed by atoms with Gasteiger partial charge in [0, 0.05) is 16.5 Å².